The molecule has 3 heterocycles. The maximum absolute atomic E-state index is 13.8. The van der Waals surface area contributed by atoms with Crippen molar-refractivity contribution in [2.45, 2.75) is 6.04 Å². The van der Waals surface area contributed by atoms with Gasteiger partial charge in [-0.25, -0.2) is 14.4 Å². The molecule has 5 rings (SSSR count). The smallest absolute Gasteiger partial charge is 0.297 e. The Bertz CT molecular complexity index is 1420. The lowest BCUT2D eigenvalue weighted by atomic mass is 9.98. The standard InChI is InChI=1S/C21H11FN4O5/c22-12-4-7-15-14(10-12)18(27)16-17(11-2-5-13(6-3-11)26(29)30)25(20(28)19(16)31-15)21-23-8-1-9-24-21/h1-10,17H. The Kier molecular flexibility index (Phi) is 4.07. The van der Waals surface area contributed by atoms with E-state index in [-0.39, 0.29) is 33.9 Å². The zero-order valence-electron chi connectivity index (χ0n) is 15.6. The Balaban J connectivity index is 1.79. The van der Waals surface area contributed by atoms with Gasteiger partial charge in [-0.2, -0.15) is 0 Å². The number of benzene rings is 2. The molecule has 9 nitrogen and oxygen atoms in total. The highest BCUT2D eigenvalue weighted by Gasteiger charge is 2.45. The maximum Gasteiger partial charge on any atom is 0.297 e. The highest BCUT2D eigenvalue weighted by atomic mass is 19.1. The van der Waals surface area contributed by atoms with Crippen molar-refractivity contribution >= 4 is 28.5 Å². The van der Waals surface area contributed by atoms with Crippen molar-refractivity contribution < 1.29 is 18.5 Å². The van der Waals surface area contributed by atoms with E-state index in [1.807, 2.05) is 0 Å². The molecule has 0 saturated heterocycles. The summed E-state index contributed by atoms with van der Waals surface area (Å²) < 4.78 is 19.5. The number of anilines is 1. The first-order valence-electron chi connectivity index (χ1n) is 9.07. The van der Waals surface area contributed by atoms with Gasteiger partial charge in [0.2, 0.25) is 11.7 Å². The molecule has 0 radical (unpaired) electrons. The molecule has 0 bridgehead atoms. The molecule has 2 aromatic heterocycles. The largest absolute Gasteiger partial charge is 0.450 e. The van der Waals surface area contributed by atoms with Gasteiger partial charge in [0.1, 0.15) is 11.4 Å². The van der Waals surface area contributed by atoms with Crippen LogP contribution >= 0.6 is 0 Å². The lowest BCUT2D eigenvalue weighted by molar-refractivity contribution is -0.384. The van der Waals surface area contributed by atoms with Crippen LogP contribution in [0.4, 0.5) is 16.0 Å². The molecule has 4 aromatic rings. The number of nitro groups is 1. The van der Waals surface area contributed by atoms with Gasteiger partial charge in [-0.15, -0.1) is 0 Å². The zero-order valence-corrected chi connectivity index (χ0v) is 15.6. The number of amides is 1. The lowest BCUT2D eigenvalue weighted by Gasteiger charge is -2.22. The molecular formula is C21H11FN4O5. The van der Waals surface area contributed by atoms with E-state index < -0.39 is 28.1 Å². The van der Waals surface area contributed by atoms with Gasteiger partial charge in [0.05, 0.1) is 21.9 Å². The van der Waals surface area contributed by atoms with Gasteiger partial charge in [-0.05, 0) is 42.0 Å². The second-order valence-electron chi connectivity index (χ2n) is 6.79. The molecule has 0 fully saturated rings. The summed E-state index contributed by atoms with van der Waals surface area (Å²) in [5.41, 5.74) is -0.260. The monoisotopic (exact) mass is 418 g/mol. The maximum atomic E-state index is 13.8. The van der Waals surface area contributed by atoms with E-state index >= 15 is 0 Å². The summed E-state index contributed by atoms with van der Waals surface area (Å²) >= 11 is 0. The van der Waals surface area contributed by atoms with Crippen LogP contribution in [0.2, 0.25) is 0 Å². The van der Waals surface area contributed by atoms with Crippen molar-refractivity contribution in [1.82, 2.24) is 9.97 Å². The fourth-order valence-electron chi connectivity index (χ4n) is 3.66. The Hall–Kier alpha value is -4.47. The van der Waals surface area contributed by atoms with Crippen molar-refractivity contribution in [2.75, 3.05) is 4.90 Å². The van der Waals surface area contributed by atoms with Crippen LogP contribution in [0, 0.1) is 15.9 Å². The Labute approximate surface area is 172 Å². The Morgan fingerprint density at radius 1 is 1.06 bits per heavy atom. The number of carbonyl (C=O) groups excluding carboxylic acids is 1. The Morgan fingerprint density at radius 2 is 1.77 bits per heavy atom. The van der Waals surface area contributed by atoms with Crippen LogP contribution < -0.4 is 10.3 Å². The van der Waals surface area contributed by atoms with Crippen molar-refractivity contribution in [2.24, 2.45) is 0 Å². The summed E-state index contributed by atoms with van der Waals surface area (Å²) in [6, 6.07) is 9.43. The van der Waals surface area contributed by atoms with Gasteiger partial charge in [-0.1, -0.05) is 0 Å². The normalized spacial score (nSPS) is 15.3. The summed E-state index contributed by atoms with van der Waals surface area (Å²) in [7, 11) is 0. The topological polar surface area (TPSA) is 119 Å². The number of hydrogen-bond donors (Lipinski definition) is 0. The van der Waals surface area contributed by atoms with E-state index in [0.717, 1.165) is 12.1 Å². The third kappa shape index (κ3) is 2.84. The lowest BCUT2D eigenvalue weighted by Crippen LogP contribution is -2.31. The van der Waals surface area contributed by atoms with Crippen LogP contribution in [0.5, 0.6) is 0 Å². The molecule has 1 atom stereocenters. The van der Waals surface area contributed by atoms with E-state index in [4.69, 9.17) is 4.42 Å². The van der Waals surface area contributed by atoms with Crippen molar-refractivity contribution in [3.8, 4) is 0 Å². The second kappa shape index (κ2) is 6.80. The van der Waals surface area contributed by atoms with Gasteiger partial charge in [-0.3, -0.25) is 24.6 Å². The van der Waals surface area contributed by atoms with Gasteiger partial charge < -0.3 is 4.42 Å². The molecule has 31 heavy (non-hydrogen) atoms. The first kappa shape index (κ1) is 18.6. The van der Waals surface area contributed by atoms with Gasteiger partial charge >= 0.3 is 0 Å². The number of nitro benzene ring substituents is 1. The van der Waals surface area contributed by atoms with E-state index in [1.165, 1.54) is 47.6 Å². The number of carbonyl (C=O) groups is 1. The average molecular weight is 418 g/mol. The predicted octanol–water partition coefficient (Wildman–Crippen LogP) is 3.38. The summed E-state index contributed by atoms with van der Waals surface area (Å²) in [5, 5.41) is 11.0. The summed E-state index contributed by atoms with van der Waals surface area (Å²) in [6.45, 7) is 0. The highest BCUT2D eigenvalue weighted by molar-refractivity contribution is 6.09. The third-order valence-electron chi connectivity index (χ3n) is 5.02. The number of fused-ring (bicyclic) bond motifs is 2. The number of aromatic nitrogens is 2. The van der Waals surface area contributed by atoms with E-state index in [9.17, 15) is 24.1 Å². The molecule has 0 spiro atoms. The second-order valence-corrected chi connectivity index (χ2v) is 6.79. The van der Waals surface area contributed by atoms with Gasteiger partial charge in [0, 0.05) is 24.5 Å². The third-order valence-corrected chi connectivity index (χ3v) is 5.02. The fraction of sp³-hybridized carbons (Fsp3) is 0.0476. The first-order chi connectivity index (χ1) is 15.0. The van der Waals surface area contributed by atoms with Crippen molar-refractivity contribution in [1.29, 1.82) is 0 Å². The molecule has 0 aliphatic carbocycles. The molecule has 1 aliphatic heterocycles. The molecular weight excluding hydrogens is 407 g/mol. The summed E-state index contributed by atoms with van der Waals surface area (Å²) in [4.78, 5) is 46.4. The minimum absolute atomic E-state index is 0.00981. The summed E-state index contributed by atoms with van der Waals surface area (Å²) in [6.07, 6.45) is 2.87. The molecule has 10 heteroatoms. The van der Waals surface area contributed by atoms with E-state index in [1.54, 1.807) is 6.07 Å². The SMILES string of the molecule is O=C1c2oc3ccc(F)cc3c(=O)c2C(c2ccc([N+](=O)[O-])cc2)N1c1ncccn1. The van der Waals surface area contributed by atoms with Crippen molar-refractivity contribution in [3.63, 3.8) is 0 Å². The minimum Gasteiger partial charge on any atom is -0.450 e. The average Bonchev–Trinajstić information content (AvgIpc) is 3.07. The zero-order chi connectivity index (χ0) is 21.7. The molecule has 2 aromatic carbocycles. The van der Waals surface area contributed by atoms with Crippen LogP contribution in [-0.2, 0) is 0 Å². The Morgan fingerprint density at radius 3 is 2.45 bits per heavy atom. The predicted molar refractivity (Wildman–Crippen MR) is 106 cm³/mol. The van der Waals surface area contributed by atoms with Crippen LogP contribution in [0.25, 0.3) is 11.0 Å². The molecule has 1 aliphatic rings. The summed E-state index contributed by atoms with van der Waals surface area (Å²) in [5.74, 6) is -1.45. The number of rotatable bonds is 3. The molecule has 152 valence electrons. The van der Waals surface area contributed by atoms with Crippen LogP contribution in [0.1, 0.15) is 27.7 Å². The van der Waals surface area contributed by atoms with Crippen molar-refractivity contribution in [3.05, 3.63) is 104 Å². The van der Waals surface area contributed by atoms with Gasteiger partial charge in [0.15, 0.2) is 5.43 Å². The number of non-ortho nitro benzene ring substituents is 1. The fourth-order valence-corrected chi connectivity index (χ4v) is 3.66. The first-order valence-corrected chi connectivity index (χ1v) is 9.07. The molecule has 0 saturated carbocycles. The number of hydrogen-bond acceptors (Lipinski definition) is 7. The van der Waals surface area contributed by atoms with Crippen LogP contribution in [0.3, 0.4) is 0 Å². The van der Waals surface area contributed by atoms with Crippen LogP contribution in [0.15, 0.2) is 70.1 Å². The number of halogens is 1. The van der Waals surface area contributed by atoms with Gasteiger partial charge in [0.25, 0.3) is 11.6 Å². The van der Waals surface area contributed by atoms with Crippen LogP contribution in [-0.4, -0.2) is 20.8 Å². The molecule has 1 unspecified atom stereocenters. The highest BCUT2D eigenvalue weighted by Crippen LogP contribution is 2.40. The van der Waals surface area contributed by atoms with E-state index in [0.29, 0.717) is 5.56 Å². The van der Waals surface area contributed by atoms with E-state index in [2.05, 4.69) is 9.97 Å². The quantitative estimate of drug-likeness (QED) is 0.369. The minimum atomic E-state index is -1.00. The number of nitrogens with zero attached hydrogens (tertiary/aromatic N) is 4. The molecule has 0 N–H and O–H groups in total. The molecule has 1 amide bonds.